The first-order valence-corrected chi connectivity index (χ1v) is 5.36. The minimum atomic E-state index is -0.145. The lowest BCUT2D eigenvalue weighted by molar-refractivity contribution is 0.276. The third kappa shape index (κ3) is 3.47. The number of hydrogen-bond donors (Lipinski definition) is 2. The van der Waals surface area contributed by atoms with E-state index < -0.39 is 0 Å². The second-order valence-electron chi connectivity index (χ2n) is 3.52. The van der Waals surface area contributed by atoms with E-state index in [4.69, 9.17) is 19.7 Å². The molecule has 0 bridgehead atoms. The van der Waals surface area contributed by atoms with Gasteiger partial charge in [-0.3, -0.25) is 0 Å². The van der Waals surface area contributed by atoms with E-state index in [0.29, 0.717) is 12.0 Å². The predicted molar refractivity (Wildman–Crippen MR) is 65.5 cm³/mol. The monoisotopic (exact) mass is 238 g/mol. The molecule has 0 radical (unpaired) electrons. The van der Waals surface area contributed by atoms with Crippen molar-refractivity contribution >= 4 is 0 Å². The zero-order valence-electron chi connectivity index (χ0n) is 10.1. The molecule has 0 fully saturated rings. The summed E-state index contributed by atoms with van der Waals surface area (Å²) in [4.78, 5) is 0. The summed E-state index contributed by atoms with van der Waals surface area (Å²) < 4.78 is 10.5. The van der Waals surface area contributed by atoms with Crippen LogP contribution in [0, 0.1) is 0 Å². The summed E-state index contributed by atoms with van der Waals surface area (Å²) in [5.74, 6) is 1.46. The fourth-order valence-corrected chi connectivity index (χ4v) is 1.55. The predicted octanol–water partition coefficient (Wildman–Crippen LogP) is 1.16. The van der Waals surface area contributed by atoms with Gasteiger partial charge in [0.05, 0.1) is 27.4 Å². The Bertz CT molecular complexity index is 357. The van der Waals surface area contributed by atoms with Gasteiger partial charge < -0.3 is 19.7 Å². The molecule has 0 aliphatic carbocycles. The van der Waals surface area contributed by atoms with Crippen LogP contribution in [-0.4, -0.2) is 37.6 Å². The number of methoxy groups -OCH3 is 2. The molecule has 17 heavy (non-hydrogen) atoms. The molecule has 1 aromatic rings. The second kappa shape index (κ2) is 6.93. The average Bonchev–Trinajstić information content (AvgIpc) is 2.39. The SMILES string of the molecule is COc1cccc(OC)c1CC=C(CO)CO. The number of allylic oxidation sites excluding steroid dienone is 1. The van der Waals surface area contributed by atoms with Crippen LogP contribution in [0.25, 0.3) is 0 Å². The van der Waals surface area contributed by atoms with Crippen molar-refractivity contribution in [2.75, 3.05) is 27.4 Å². The van der Waals surface area contributed by atoms with Crippen molar-refractivity contribution < 1.29 is 19.7 Å². The highest BCUT2D eigenvalue weighted by molar-refractivity contribution is 5.46. The zero-order valence-corrected chi connectivity index (χ0v) is 10.1. The van der Waals surface area contributed by atoms with Gasteiger partial charge >= 0.3 is 0 Å². The molecule has 0 aromatic heterocycles. The van der Waals surface area contributed by atoms with Crippen LogP contribution in [0.5, 0.6) is 11.5 Å². The molecule has 94 valence electrons. The zero-order chi connectivity index (χ0) is 12.7. The highest BCUT2D eigenvalue weighted by Gasteiger charge is 2.08. The van der Waals surface area contributed by atoms with Crippen LogP contribution in [0.4, 0.5) is 0 Å². The summed E-state index contributed by atoms with van der Waals surface area (Å²) >= 11 is 0. The third-order valence-electron chi connectivity index (χ3n) is 2.53. The van der Waals surface area contributed by atoms with Crippen molar-refractivity contribution in [1.29, 1.82) is 0 Å². The van der Waals surface area contributed by atoms with Gasteiger partial charge in [-0.2, -0.15) is 0 Å². The summed E-state index contributed by atoms with van der Waals surface area (Å²) in [7, 11) is 3.20. The van der Waals surface area contributed by atoms with Crippen LogP contribution in [0.3, 0.4) is 0 Å². The molecular weight excluding hydrogens is 220 g/mol. The first-order chi connectivity index (χ1) is 8.26. The summed E-state index contributed by atoms with van der Waals surface area (Å²) in [6, 6.07) is 5.55. The quantitative estimate of drug-likeness (QED) is 0.730. The summed E-state index contributed by atoms with van der Waals surface area (Å²) in [5.41, 5.74) is 1.48. The molecule has 0 aliphatic rings. The Morgan fingerprint density at radius 3 is 2.06 bits per heavy atom. The maximum atomic E-state index is 8.97. The molecule has 1 rings (SSSR count). The number of benzene rings is 1. The summed E-state index contributed by atoms with van der Waals surface area (Å²) in [6.45, 7) is -0.290. The van der Waals surface area contributed by atoms with Crippen molar-refractivity contribution in [3.63, 3.8) is 0 Å². The Kier molecular flexibility index (Phi) is 5.52. The maximum Gasteiger partial charge on any atom is 0.126 e. The molecule has 0 atom stereocenters. The standard InChI is InChI=1S/C13H18O4/c1-16-12-4-3-5-13(17-2)11(12)7-6-10(8-14)9-15/h3-6,14-15H,7-9H2,1-2H3. The van der Waals surface area contributed by atoms with Gasteiger partial charge in [0.25, 0.3) is 0 Å². The molecule has 2 N–H and O–H groups in total. The highest BCUT2D eigenvalue weighted by atomic mass is 16.5. The molecule has 4 heteroatoms. The van der Waals surface area contributed by atoms with Gasteiger partial charge in [0.15, 0.2) is 0 Å². The summed E-state index contributed by atoms with van der Waals surface area (Å²) in [5, 5.41) is 17.9. The maximum absolute atomic E-state index is 8.97. The smallest absolute Gasteiger partial charge is 0.126 e. The third-order valence-corrected chi connectivity index (χ3v) is 2.53. The summed E-state index contributed by atoms with van der Waals surface area (Å²) in [6.07, 6.45) is 2.32. The van der Waals surface area contributed by atoms with E-state index in [2.05, 4.69) is 0 Å². The van der Waals surface area contributed by atoms with E-state index in [1.165, 1.54) is 0 Å². The molecule has 0 aliphatic heterocycles. The first-order valence-electron chi connectivity index (χ1n) is 5.36. The van der Waals surface area contributed by atoms with E-state index in [-0.39, 0.29) is 13.2 Å². The van der Waals surface area contributed by atoms with Crippen molar-refractivity contribution in [3.8, 4) is 11.5 Å². The van der Waals surface area contributed by atoms with E-state index in [1.807, 2.05) is 18.2 Å². The topological polar surface area (TPSA) is 58.9 Å². The number of aliphatic hydroxyl groups is 2. The Labute approximate surface area is 101 Å². The second-order valence-corrected chi connectivity index (χ2v) is 3.52. The average molecular weight is 238 g/mol. The normalized spacial score (nSPS) is 9.88. The van der Waals surface area contributed by atoms with E-state index >= 15 is 0 Å². The van der Waals surface area contributed by atoms with Gasteiger partial charge in [-0.05, 0) is 24.1 Å². The molecule has 0 spiro atoms. The van der Waals surface area contributed by atoms with Crippen LogP contribution < -0.4 is 9.47 Å². The van der Waals surface area contributed by atoms with Crippen LogP contribution in [-0.2, 0) is 6.42 Å². The van der Waals surface area contributed by atoms with Crippen LogP contribution in [0.15, 0.2) is 29.8 Å². The van der Waals surface area contributed by atoms with Crippen molar-refractivity contribution in [2.24, 2.45) is 0 Å². The fourth-order valence-electron chi connectivity index (χ4n) is 1.55. The largest absolute Gasteiger partial charge is 0.496 e. The van der Waals surface area contributed by atoms with E-state index in [0.717, 1.165) is 17.1 Å². The van der Waals surface area contributed by atoms with Gasteiger partial charge in [0, 0.05) is 5.56 Å². The minimum Gasteiger partial charge on any atom is -0.496 e. The Balaban J connectivity index is 2.99. The molecule has 0 saturated carbocycles. The fraction of sp³-hybridized carbons (Fsp3) is 0.385. The van der Waals surface area contributed by atoms with Gasteiger partial charge in [0.2, 0.25) is 0 Å². The van der Waals surface area contributed by atoms with Crippen molar-refractivity contribution in [3.05, 3.63) is 35.4 Å². The molecule has 4 nitrogen and oxygen atoms in total. The lowest BCUT2D eigenvalue weighted by Crippen LogP contribution is -1.99. The molecule has 1 aromatic carbocycles. The molecular formula is C13H18O4. The number of ether oxygens (including phenoxy) is 2. The lowest BCUT2D eigenvalue weighted by Gasteiger charge is -2.11. The van der Waals surface area contributed by atoms with Crippen LogP contribution in [0.2, 0.25) is 0 Å². The van der Waals surface area contributed by atoms with Gasteiger partial charge in [0.1, 0.15) is 11.5 Å². The molecule has 0 saturated heterocycles. The highest BCUT2D eigenvalue weighted by Crippen LogP contribution is 2.29. The first kappa shape index (κ1) is 13.5. The van der Waals surface area contributed by atoms with Gasteiger partial charge in [-0.25, -0.2) is 0 Å². The Hall–Kier alpha value is -1.52. The number of hydrogen-bond acceptors (Lipinski definition) is 4. The van der Waals surface area contributed by atoms with Crippen LogP contribution >= 0.6 is 0 Å². The Morgan fingerprint density at radius 1 is 1.12 bits per heavy atom. The Morgan fingerprint density at radius 2 is 1.65 bits per heavy atom. The lowest BCUT2D eigenvalue weighted by atomic mass is 10.1. The van der Waals surface area contributed by atoms with Gasteiger partial charge in [-0.1, -0.05) is 12.1 Å². The van der Waals surface area contributed by atoms with E-state index in [1.54, 1.807) is 20.3 Å². The van der Waals surface area contributed by atoms with Gasteiger partial charge in [-0.15, -0.1) is 0 Å². The van der Waals surface area contributed by atoms with E-state index in [9.17, 15) is 0 Å². The minimum absolute atomic E-state index is 0.145. The molecule has 0 unspecified atom stereocenters. The number of aliphatic hydroxyl groups excluding tert-OH is 2. The van der Waals surface area contributed by atoms with Crippen LogP contribution in [0.1, 0.15) is 5.56 Å². The molecule has 0 amide bonds. The van der Waals surface area contributed by atoms with Crippen molar-refractivity contribution in [2.45, 2.75) is 6.42 Å². The molecule has 0 heterocycles. The van der Waals surface area contributed by atoms with Crippen molar-refractivity contribution in [1.82, 2.24) is 0 Å². The number of rotatable bonds is 6.